The molecule has 0 bridgehead atoms. The summed E-state index contributed by atoms with van der Waals surface area (Å²) in [6.07, 6.45) is 3.49. The van der Waals surface area contributed by atoms with E-state index in [-0.39, 0.29) is 11.5 Å². The first-order valence-electron chi connectivity index (χ1n) is 9.37. The number of carbonyl (C=O) groups excluding carboxylic acids is 1. The number of carbonyl (C=O) groups is 1. The van der Waals surface area contributed by atoms with Gasteiger partial charge in [0.25, 0.3) is 5.91 Å². The van der Waals surface area contributed by atoms with Crippen molar-refractivity contribution in [2.24, 2.45) is 0 Å². The molecule has 1 atom stereocenters. The van der Waals surface area contributed by atoms with Crippen LogP contribution in [-0.4, -0.2) is 34.1 Å². The molecule has 1 aliphatic rings. The minimum atomic E-state index is -0.699. The van der Waals surface area contributed by atoms with Crippen molar-refractivity contribution in [3.05, 3.63) is 77.1 Å². The van der Waals surface area contributed by atoms with Gasteiger partial charge >= 0.3 is 0 Å². The SMILES string of the molecule is Cc1cccc(-c2cn[nH]c2[C@@H]2CCCN(C(=O)c3cc(F)ccc3F)C2)c1. The maximum Gasteiger partial charge on any atom is 0.256 e. The molecule has 3 aromatic rings. The van der Waals surface area contributed by atoms with Crippen LogP contribution in [0.1, 0.15) is 40.4 Å². The fourth-order valence-corrected chi connectivity index (χ4v) is 3.88. The molecule has 1 amide bonds. The van der Waals surface area contributed by atoms with Gasteiger partial charge < -0.3 is 4.90 Å². The van der Waals surface area contributed by atoms with Crippen molar-refractivity contribution in [1.29, 1.82) is 0 Å². The fraction of sp³-hybridized carbons (Fsp3) is 0.273. The summed E-state index contributed by atoms with van der Waals surface area (Å²) in [6, 6.07) is 11.2. The van der Waals surface area contributed by atoms with Crippen LogP contribution >= 0.6 is 0 Å². The normalized spacial score (nSPS) is 17.0. The second-order valence-corrected chi connectivity index (χ2v) is 7.28. The molecular formula is C22H21F2N3O. The fourth-order valence-electron chi connectivity index (χ4n) is 3.88. The van der Waals surface area contributed by atoms with E-state index in [2.05, 4.69) is 16.3 Å². The molecule has 0 spiro atoms. The summed E-state index contributed by atoms with van der Waals surface area (Å²) in [6.45, 7) is 3.01. The molecule has 4 rings (SSSR count). The predicted molar refractivity (Wildman–Crippen MR) is 103 cm³/mol. The zero-order valence-corrected chi connectivity index (χ0v) is 15.6. The number of hydrogen-bond acceptors (Lipinski definition) is 2. The van der Waals surface area contributed by atoms with Crippen LogP contribution in [0.2, 0.25) is 0 Å². The standard InChI is InChI=1S/C22H21F2N3O/c1-14-4-2-5-15(10-14)19-12-25-26-21(19)16-6-3-9-27(13-16)22(28)18-11-17(23)7-8-20(18)24/h2,4-5,7-8,10-12,16H,3,6,9,13H2,1H3,(H,25,26)/t16-/m1/s1. The third-order valence-corrected chi connectivity index (χ3v) is 5.27. The van der Waals surface area contributed by atoms with Crippen LogP contribution in [0.15, 0.2) is 48.7 Å². The number of aromatic amines is 1. The van der Waals surface area contributed by atoms with Crippen molar-refractivity contribution in [2.45, 2.75) is 25.7 Å². The van der Waals surface area contributed by atoms with Gasteiger partial charge in [-0.1, -0.05) is 29.8 Å². The second kappa shape index (κ2) is 7.54. The van der Waals surface area contributed by atoms with Gasteiger partial charge in [0, 0.05) is 30.3 Å². The van der Waals surface area contributed by atoms with Gasteiger partial charge in [0.2, 0.25) is 0 Å². The Hall–Kier alpha value is -3.02. The minimum absolute atomic E-state index is 0.0623. The third kappa shape index (κ3) is 3.54. The first-order valence-corrected chi connectivity index (χ1v) is 9.37. The second-order valence-electron chi connectivity index (χ2n) is 7.28. The van der Waals surface area contributed by atoms with Crippen LogP contribution < -0.4 is 0 Å². The Morgan fingerprint density at radius 3 is 2.89 bits per heavy atom. The highest BCUT2D eigenvalue weighted by Crippen LogP contribution is 2.33. The van der Waals surface area contributed by atoms with E-state index in [1.807, 2.05) is 25.1 Å². The average Bonchev–Trinajstić information content (AvgIpc) is 3.19. The lowest BCUT2D eigenvalue weighted by molar-refractivity contribution is 0.0700. The molecule has 1 aromatic heterocycles. The van der Waals surface area contributed by atoms with Gasteiger partial charge in [-0.05, 0) is 43.5 Å². The molecule has 0 saturated carbocycles. The maximum atomic E-state index is 14.0. The number of hydrogen-bond donors (Lipinski definition) is 1. The Kier molecular flexibility index (Phi) is 4.94. The number of H-pyrrole nitrogens is 1. The van der Waals surface area contributed by atoms with Crippen LogP contribution in [0.5, 0.6) is 0 Å². The molecule has 1 fully saturated rings. The molecular weight excluding hydrogens is 360 g/mol. The van der Waals surface area contributed by atoms with Crippen molar-refractivity contribution in [1.82, 2.24) is 15.1 Å². The summed E-state index contributed by atoms with van der Waals surface area (Å²) in [5, 5.41) is 7.31. The van der Waals surface area contributed by atoms with Crippen LogP contribution in [0.25, 0.3) is 11.1 Å². The van der Waals surface area contributed by atoms with Gasteiger partial charge in [-0.3, -0.25) is 9.89 Å². The first kappa shape index (κ1) is 18.3. The summed E-state index contributed by atoms with van der Waals surface area (Å²) in [5.41, 5.74) is 4.00. The van der Waals surface area contributed by atoms with E-state index >= 15 is 0 Å². The summed E-state index contributed by atoms with van der Waals surface area (Å²) in [5.74, 6) is -1.73. The molecule has 6 heteroatoms. The number of aromatic nitrogens is 2. The largest absolute Gasteiger partial charge is 0.338 e. The number of piperidine rings is 1. The van der Waals surface area contributed by atoms with E-state index in [0.29, 0.717) is 13.1 Å². The molecule has 1 N–H and O–H groups in total. The monoisotopic (exact) mass is 381 g/mol. The quantitative estimate of drug-likeness (QED) is 0.716. The van der Waals surface area contributed by atoms with E-state index in [0.717, 1.165) is 53.4 Å². The first-order chi connectivity index (χ1) is 13.5. The van der Waals surface area contributed by atoms with Gasteiger partial charge in [0.15, 0.2) is 0 Å². The average molecular weight is 381 g/mol. The summed E-state index contributed by atoms with van der Waals surface area (Å²) >= 11 is 0. The molecule has 0 radical (unpaired) electrons. The van der Waals surface area contributed by atoms with Crippen molar-refractivity contribution >= 4 is 5.91 Å². The summed E-state index contributed by atoms with van der Waals surface area (Å²) in [4.78, 5) is 14.4. The lowest BCUT2D eigenvalue weighted by atomic mass is 9.90. The Labute approximate surface area is 162 Å². The van der Waals surface area contributed by atoms with Gasteiger partial charge in [-0.15, -0.1) is 0 Å². The van der Waals surface area contributed by atoms with E-state index in [1.165, 1.54) is 0 Å². The van der Waals surface area contributed by atoms with Crippen molar-refractivity contribution in [2.75, 3.05) is 13.1 Å². The van der Waals surface area contributed by atoms with Crippen molar-refractivity contribution in [3.63, 3.8) is 0 Å². The minimum Gasteiger partial charge on any atom is -0.338 e. The van der Waals surface area contributed by atoms with Gasteiger partial charge in [0.1, 0.15) is 11.6 Å². The molecule has 1 aliphatic heterocycles. The van der Waals surface area contributed by atoms with Crippen LogP contribution in [-0.2, 0) is 0 Å². The number of benzene rings is 2. The van der Waals surface area contributed by atoms with Gasteiger partial charge in [-0.2, -0.15) is 5.10 Å². The molecule has 2 heterocycles. The van der Waals surface area contributed by atoms with Crippen LogP contribution in [0, 0.1) is 18.6 Å². The molecule has 4 nitrogen and oxygen atoms in total. The van der Waals surface area contributed by atoms with Crippen molar-refractivity contribution in [3.8, 4) is 11.1 Å². The van der Waals surface area contributed by atoms with Crippen LogP contribution in [0.4, 0.5) is 8.78 Å². The number of nitrogens with one attached hydrogen (secondary N) is 1. The molecule has 0 aliphatic carbocycles. The number of likely N-dealkylation sites (tertiary alicyclic amines) is 1. The number of rotatable bonds is 3. The molecule has 28 heavy (non-hydrogen) atoms. The molecule has 0 unspecified atom stereocenters. The van der Waals surface area contributed by atoms with Crippen molar-refractivity contribution < 1.29 is 13.6 Å². The Balaban J connectivity index is 1.59. The topological polar surface area (TPSA) is 49.0 Å². The highest BCUT2D eigenvalue weighted by Gasteiger charge is 2.29. The third-order valence-electron chi connectivity index (χ3n) is 5.27. The smallest absolute Gasteiger partial charge is 0.256 e. The Morgan fingerprint density at radius 2 is 2.07 bits per heavy atom. The summed E-state index contributed by atoms with van der Waals surface area (Å²) < 4.78 is 27.5. The lowest BCUT2D eigenvalue weighted by Gasteiger charge is -2.33. The van der Waals surface area contributed by atoms with E-state index < -0.39 is 17.5 Å². The zero-order chi connectivity index (χ0) is 19.7. The lowest BCUT2D eigenvalue weighted by Crippen LogP contribution is -2.39. The number of aryl methyl sites for hydroxylation is 1. The van der Waals surface area contributed by atoms with Gasteiger partial charge in [0.05, 0.1) is 11.8 Å². The van der Waals surface area contributed by atoms with E-state index in [1.54, 1.807) is 11.1 Å². The van der Waals surface area contributed by atoms with E-state index in [4.69, 9.17) is 0 Å². The van der Waals surface area contributed by atoms with Gasteiger partial charge in [-0.25, -0.2) is 8.78 Å². The summed E-state index contributed by atoms with van der Waals surface area (Å²) in [7, 11) is 0. The van der Waals surface area contributed by atoms with Crippen LogP contribution in [0.3, 0.4) is 0 Å². The zero-order valence-electron chi connectivity index (χ0n) is 15.6. The maximum absolute atomic E-state index is 14.0. The predicted octanol–water partition coefficient (Wildman–Crippen LogP) is 4.68. The number of halogens is 2. The highest BCUT2D eigenvalue weighted by molar-refractivity contribution is 5.94. The van der Waals surface area contributed by atoms with E-state index in [9.17, 15) is 13.6 Å². The Morgan fingerprint density at radius 1 is 1.21 bits per heavy atom. The molecule has 144 valence electrons. The highest BCUT2D eigenvalue weighted by atomic mass is 19.1. The Bertz CT molecular complexity index is 1010. The molecule has 1 saturated heterocycles. The number of amides is 1. The molecule has 2 aromatic carbocycles. The number of nitrogens with zero attached hydrogens (tertiary/aromatic N) is 2.